The number of unbranched alkanes of at least 4 members (excludes halogenated alkanes) is 1. The number of ether oxygens (including phenoxy) is 9. The van der Waals surface area contributed by atoms with Crippen LogP contribution >= 0.6 is 11.8 Å². The van der Waals surface area contributed by atoms with Gasteiger partial charge in [-0.2, -0.15) is 11.8 Å². The highest BCUT2D eigenvalue weighted by Gasteiger charge is 2.43. The summed E-state index contributed by atoms with van der Waals surface area (Å²) in [7, 11) is 0. The molecule has 3 aromatic rings. The highest BCUT2D eigenvalue weighted by Crippen LogP contribution is 2.33. The van der Waals surface area contributed by atoms with E-state index in [-0.39, 0.29) is 61.1 Å². The van der Waals surface area contributed by atoms with Crippen LogP contribution in [-0.2, 0) is 58.8 Å². The molecule has 5 heterocycles. The van der Waals surface area contributed by atoms with Crippen LogP contribution in [0.3, 0.4) is 0 Å². The molecule has 0 aliphatic carbocycles. The Labute approximate surface area is 448 Å². The molecule has 24 heteroatoms. The van der Waals surface area contributed by atoms with Crippen LogP contribution in [0.1, 0.15) is 38.5 Å². The minimum absolute atomic E-state index is 0.0340. The Hall–Kier alpha value is -5.44. The van der Waals surface area contributed by atoms with Crippen molar-refractivity contribution >= 4 is 47.2 Å². The number of carbonyl (C=O) groups excluding carboxylic acids is 5. The second-order valence-corrected chi connectivity index (χ2v) is 19.7. The standard InChI is InChI=1S/C52H75N9O14S/c62-47(9-5-4-8-46-50-45(39-76-46)54-51(65)55-50)53-16-20-67-22-24-69-26-28-71-30-32-73-34-35-74-33-31-72-29-27-70-25-23-68-21-19-59-36-44(56-57-59)40-10-12-43(13-11-40)75-38-49(64)58-17-14-41(15-18-58)60-37-48(63)61(52(60)66)42-6-2-1-3-7-42/h1-3,6-7,10-13,36,41,45-46,50H,4-5,8-9,14-35,37-39H2,(H,53,62)(H2,54,55,65)/t45-,46-,50-/m0/s1. The normalized spacial score (nSPS) is 18.6. The van der Waals surface area contributed by atoms with Crippen LogP contribution in [-0.4, -0.2) is 222 Å². The van der Waals surface area contributed by atoms with Crippen LogP contribution in [0.2, 0.25) is 0 Å². The third-order valence-corrected chi connectivity index (χ3v) is 14.5. The minimum Gasteiger partial charge on any atom is -0.484 e. The molecule has 3 N–H and O–H groups in total. The van der Waals surface area contributed by atoms with Crippen LogP contribution in [0.25, 0.3) is 11.3 Å². The molecule has 3 atom stereocenters. The number of hydrogen-bond acceptors (Lipinski definition) is 17. The summed E-state index contributed by atoms with van der Waals surface area (Å²) in [6.45, 7) is 9.17. The fraction of sp³-hybridized carbons (Fsp3) is 0.635. The quantitative estimate of drug-likeness (QED) is 0.0424. The van der Waals surface area contributed by atoms with E-state index >= 15 is 0 Å². The van der Waals surface area contributed by atoms with Gasteiger partial charge in [-0.3, -0.25) is 14.4 Å². The van der Waals surface area contributed by atoms with E-state index in [0.717, 1.165) is 30.6 Å². The van der Waals surface area contributed by atoms with E-state index in [1.165, 1.54) is 4.90 Å². The second kappa shape index (κ2) is 33.0. The summed E-state index contributed by atoms with van der Waals surface area (Å²) in [5.74, 6) is 1.17. The molecule has 4 fully saturated rings. The number of urea groups is 2. The van der Waals surface area contributed by atoms with Crippen molar-refractivity contribution in [2.75, 3.05) is 149 Å². The molecule has 0 spiro atoms. The molecule has 0 saturated carbocycles. The smallest absolute Gasteiger partial charge is 0.332 e. The molecule has 4 aliphatic rings. The molecule has 2 aromatic carbocycles. The van der Waals surface area contributed by atoms with E-state index in [1.54, 1.807) is 50.9 Å². The third-order valence-electron chi connectivity index (χ3n) is 13.0. The third kappa shape index (κ3) is 19.5. The first-order chi connectivity index (χ1) is 37.3. The summed E-state index contributed by atoms with van der Waals surface area (Å²) in [5, 5.41) is 17.8. The van der Waals surface area contributed by atoms with E-state index in [4.69, 9.17) is 42.6 Å². The molecular formula is C52H75N9O14S. The van der Waals surface area contributed by atoms with Crippen LogP contribution in [0, 0.1) is 0 Å². The zero-order valence-corrected chi connectivity index (χ0v) is 44.2. The summed E-state index contributed by atoms with van der Waals surface area (Å²) < 4.78 is 52.0. The van der Waals surface area contributed by atoms with Crippen LogP contribution < -0.4 is 25.6 Å². The van der Waals surface area contributed by atoms with Crippen molar-refractivity contribution in [1.82, 2.24) is 40.7 Å². The molecule has 4 aliphatic heterocycles. The van der Waals surface area contributed by atoms with Gasteiger partial charge in [0.1, 0.15) is 18.0 Å². The van der Waals surface area contributed by atoms with E-state index in [9.17, 15) is 24.0 Å². The topological polar surface area (TPSA) is 245 Å². The van der Waals surface area contributed by atoms with Gasteiger partial charge in [-0.05, 0) is 62.1 Å². The number of para-hydroxylation sites is 1. The van der Waals surface area contributed by atoms with Crippen molar-refractivity contribution in [2.45, 2.75) is 68.4 Å². The molecule has 76 heavy (non-hydrogen) atoms. The molecule has 23 nitrogen and oxygen atoms in total. The Morgan fingerprint density at radius 2 is 1.29 bits per heavy atom. The molecule has 4 saturated heterocycles. The molecular weight excluding hydrogens is 1010 g/mol. The monoisotopic (exact) mass is 1080 g/mol. The summed E-state index contributed by atoms with van der Waals surface area (Å²) >= 11 is 1.90. The van der Waals surface area contributed by atoms with Crippen molar-refractivity contribution in [1.29, 1.82) is 0 Å². The van der Waals surface area contributed by atoms with E-state index in [2.05, 4.69) is 26.3 Å². The summed E-state index contributed by atoms with van der Waals surface area (Å²) in [5.41, 5.74) is 2.12. The van der Waals surface area contributed by atoms with Gasteiger partial charge in [-0.1, -0.05) is 29.8 Å². The van der Waals surface area contributed by atoms with Crippen molar-refractivity contribution in [3.63, 3.8) is 0 Å². The van der Waals surface area contributed by atoms with Crippen LogP contribution in [0.5, 0.6) is 5.75 Å². The van der Waals surface area contributed by atoms with Gasteiger partial charge < -0.3 is 68.4 Å². The molecule has 7 rings (SSSR count). The number of nitrogens with zero attached hydrogens (tertiary/aromatic N) is 6. The predicted molar refractivity (Wildman–Crippen MR) is 280 cm³/mol. The molecule has 418 valence electrons. The fourth-order valence-electron chi connectivity index (χ4n) is 8.99. The summed E-state index contributed by atoms with van der Waals surface area (Å²) in [4.78, 5) is 67.0. The number of rotatable bonds is 38. The van der Waals surface area contributed by atoms with Crippen molar-refractivity contribution < 1.29 is 66.6 Å². The number of aromatic nitrogens is 3. The highest BCUT2D eigenvalue weighted by molar-refractivity contribution is 8.00. The Bertz CT molecular complexity index is 2210. The van der Waals surface area contributed by atoms with Gasteiger partial charge in [0.2, 0.25) is 5.91 Å². The molecule has 1 aromatic heterocycles. The average molecular weight is 1080 g/mol. The number of imide groups is 1. The number of amides is 7. The summed E-state index contributed by atoms with van der Waals surface area (Å²) in [6, 6.07) is 16.2. The maximum absolute atomic E-state index is 13.1. The molecule has 0 radical (unpaired) electrons. The lowest BCUT2D eigenvalue weighted by Gasteiger charge is -2.36. The number of thioether (sulfide) groups is 1. The Morgan fingerprint density at radius 1 is 0.697 bits per heavy atom. The van der Waals surface area contributed by atoms with E-state index < -0.39 is 0 Å². The maximum Gasteiger partial charge on any atom is 0.332 e. The first kappa shape index (κ1) is 58.2. The number of fused-ring (bicyclic) bond motifs is 1. The van der Waals surface area contributed by atoms with Crippen LogP contribution in [0.4, 0.5) is 15.3 Å². The highest BCUT2D eigenvalue weighted by atomic mass is 32.2. The van der Waals surface area contributed by atoms with Gasteiger partial charge in [-0.25, -0.2) is 19.2 Å². The number of anilines is 1. The second-order valence-electron chi connectivity index (χ2n) is 18.4. The first-order valence-electron chi connectivity index (χ1n) is 26.5. The van der Waals surface area contributed by atoms with E-state index in [1.807, 2.05) is 36.2 Å². The lowest BCUT2D eigenvalue weighted by molar-refractivity contribution is -0.135. The lowest BCUT2D eigenvalue weighted by Crippen LogP contribution is -2.49. The van der Waals surface area contributed by atoms with Crippen LogP contribution in [0.15, 0.2) is 60.8 Å². The predicted octanol–water partition coefficient (Wildman–Crippen LogP) is 2.76. The number of piperidine rings is 1. The van der Waals surface area contributed by atoms with Crippen molar-refractivity contribution in [3.05, 3.63) is 60.8 Å². The van der Waals surface area contributed by atoms with Gasteiger partial charge >= 0.3 is 12.1 Å². The number of benzene rings is 2. The SMILES string of the molecule is O=C(CCCC[C@@H]1SC[C@@H]2NC(=O)N[C@@H]21)NCCOCCOCCOCCOCCOCCOCCOCCOCCn1cc(-c2ccc(OCC(=O)N3CCC(N4CC(=O)N(c5ccccc5)C4=O)CC3)cc2)nn1. The van der Waals surface area contributed by atoms with Gasteiger partial charge in [0.05, 0.1) is 136 Å². The lowest BCUT2D eigenvalue weighted by atomic mass is 10.0. The largest absolute Gasteiger partial charge is 0.484 e. The van der Waals surface area contributed by atoms with Gasteiger partial charge in [0.15, 0.2) is 6.61 Å². The average Bonchev–Trinajstić information content (AvgIpc) is 4.23. The van der Waals surface area contributed by atoms with Gasteiger partial charge in [0.25, 0.3) is 11.8 Å². The Kier molecular flexibility index (Phi) is 25.3. The maximum atomic E-state index is 13.1. The minimum atomic E-state index is -0.312. The van der Waals surface area contributed by atoms with Crippen molar-refractivity contribution in [2.24, 2.45) is 0 Å². The molecule has 7 amide bonds. The zero-order valence-electron chi connectivity index (χ0n) is 43.4. The summed E-state index contributed by atoms with van der Waals surface area (Å²) in [6.07, 6.45) is 6.33. The van der Waals surface area contributed by atoms with E-state index in [0.29, 0.717) is 174 Å². The molecule has 0 bridgehead atoms. The van der Waals surface area contributed by atoms with Gasteiger partial charge in [0, 0.05) is 48.7 Å². The molecule has 0 unspecified atom stereocenters. The number of likely N-dealkylation sites (tertiary alicyclic amines) is 1. The number of carbonyl (C=O) groups is 5. The zero-order chi connectivity index (χ0) is 53.0. The Morgan fingerprint density at radius 3 is 1.91 bits per heavy atom. The Balaban J connectivity index is 0.577. The van der Waals surface area contributed by atoms with Crippen molar-refractivity contribution in [3.8, 4) is 17.0 Å². The number of nitrogens with one attached hydrogen (secondary N) is 3. The first-order valence-corrected chi connectivity index (χ1v) is 27.5. The fourth-order valence-corrected chi connectivity index (χ4v) is 10.5. The van der Waals surface area contributed by atoms with Gasteiger partial charge in [-0.15, -0.1) is 5.10 Å². The number of hydrogen-bond donors (Lipinski definition) is 3.